The molecule has 0 bridgehead atoms. The van der Waals surface area contributed by atoms with Crippen LogP contribution in [0.15, 0.2) is 48.4 Å². The number of Topliss-reactive ketones (excluding diaryl/α,β-unsaturated/α-hetero) is 1. The van der Waals surface area contributed by atoms with Crippen LogP contribution in [0.2, 0.25) is 0 Å². The number of hydrogen-bond donors (Lipinski definition) is 1. The lowest BCUT2D eigenvalue weighted by molar-refractivity contribution is 0.101. The molecule has 160 valence electrons. The first-order valence-corrected chi connectivity index (χ1v) is 11.2. The molecule has 3 heterocycles. The molecule has 5 nitrogen and oxygen atoms in total. The second-order valence-electron chi connectivity index (χ2n) is 8.58. The Morgan fingerprint density at radius 2 is 2.03 bits per heavy atom. The number of likely N-dealkylation sites (tertiary alicyclic amines) is 1. The van der Waals surface area contributed by atoms with Gasteiger partial charge in [-0.05, 0) is 57.5 Å². The molecule has 5 heteroatoms. The van der Waals surface area contributed by atoms with Crippen LogP contribution in [0.3, 0.4) is 0 Å². The summed E-state index contributed by atoms with van der Waals surface area (Å²) in [6.07, 6.45) is 7.45. The number of para-hydroxylation sites is 1. The average Bonchev–Trinajstić information content (AvgIpc) is 3.29. The van der Waals surface area contributed by atoms with Gasteiger partial charge in [-0.15, -0.1) is 0 Å². The molecule has 2 aromatic carbocycles. The van der Waals surface area contributed by atoms with Crippen LogP contribution in [0, 0.1) is 0 Å². The van der Waals surface area contributed by atoms with E-state index in [0.717, 1.165) is 42.4 Å². The topological polar surface area (TPSA) is 54.7 Å². The zero-order valence-electron chi connectivity index (χ0n) is 18.1. The second kappa shape index (κ2) is 7.89. The van der Waals surface area contributed by atoms with Gasteiger partial charge < -0.3 is 14.4 Å². The number of nitrogens with zero attached hydrogens (tertiary/aromatic N) is 2. The van der Waals surface area contributed by atoms with Crippen LogP contribution in [0.25, 0.3) is 17.0 Å². The van der Waals surface area contributed by atoms with E-state index in [0.29, 0.717) is 35.2 Å². The molecule has 2 aliphatic rings. The van der Waals surface area contributed by atoms with Crippen molar-refractivity contribution in [2.24, 2.45) is 0 Å². The van der Waals surface area contributed by atoms with E-state index in [1.54, 1.807) is 12.1 Å². The maximum absolute atomic E-state index is 13.1. The van der Waals surface area contributed by atoms with Gasteiger partial charge in [0.25, 0.3) is 0 Å². The Balaban J connectivity index is 1.52. The van der Waals surface area contributed by atoms with Gasteiger partial charge in [-0.25, -0.2) is 0 Å². The molecule has 0 amide bonds. The van der Waals surface area contributed by atoms with Crippen molar-refractivity contribution in [2.75, 3.05) is 6.54 Å². The highest BCUT2D eigenvalue weighted by atomic mass is 16.5. The Morgan fingerprint density at radius 3 is 2.84 bits per heavy atom. The summed E-state index contributed by atoms with van der Waals surface area (Å²) in [6, 6.07) is 11.9. The summed E-state index contributed by atoms with van der Waals surface area (Å²) >= 11 is 0. The molecule has 3 aromatic rings. The SMILES string of the molecule is CCn1cc(/C=C2\Oc3c(ccc(O)c3CN3CCCC[C@@H]3C)C2=O)c2ccccc21. The molecular weight excluding hydrogens is 388 g/mol. The number of aromatic hydroxyl groups is 1. The maximum atomic E-state index is 13.1. The molecule has 31 heavy (non-hydrogen) atoms. The molecule has 2 aliphatic heterocycles. The van der Waals surface area contributed by atoms with Crippen molar-refractivity contribution in [1.29, 1.82) is 0 Å². The number of ketones is 1. The maximum Gasteiger partial charge on any atom is 0.231 e. The van der Waals surface area contributed by atoms with Crippen LogP contribution >= 0.6 is 0 Å². The van der Waals surface area contributed by atoms with Crippen LogP contribution in [0.4, 0.5) is 0 Å². The van der Waals surface area contributed by atoms with Gasteiger partial charge in [0.15, 0.2) is 5.76 Å². The van der Waals surface area contributed by atoms with Crippen molar-refractivity contribution >= 4 is 22.8 Å². The Kier molecular flexibility index (Phi) is 5.06. The first kappa shape index (κ1) is 19.9. The van der Waals surface area contributed by atoms with Crippen LogP contribution in [-0.4, -0.2) is 32.9 Å². The molecule has 0 radical (unpaired) electrons. The Labute approximate surface area is 182 Å². The Morgan fingerprint density at radius 1 is 1.19 bits per heavy atom. The van der Waals surface area contributed by atoms with Crippen molar-refractivity contribution in [1.82, 2.24) is 9.47 Å². The molecule has 1 atom stereocenters. The van der Waals surface area contributed by atoms with Gasteiger partial charge in [-0.2, -0.15) is 0 Å². The fourth-order valence-corrected chi connectivity index (χ4v) is 4.84. The number of hydrogen-bond acceptors (Lipinski definition) is 4. The number of phenolic OH excluding ortho intramolecular Hbond substituents is 1. The van der Waals surface area contributed by atoms with Crippen LogP contribution in [0.5, 0.6) is 11.5 Å². The normalized spacial score (nSPS) is 20.4. The average molecular weight is 417 g/mol. The zero-order chi connectivity index (χ0) is 21.5. The molecule has 1 N–H and O–H groups in total. The van der Waals surface area contributed by atoms with Gasteiger partial charge in [-0.1, -0.05) is 24.6 Å². The zero-order valence-corrected chi connectivity index (χ0v) is 18.1. The quantitative estimate of drug-likeness (QED) is 0.582. The molecular formula is C26H28N2O3. The molecule has 5 rings (SSSR count). The lowest BCUT2D eigenvalue weighted by Crippen LogP contribution is -2.36. The van der Waals surface area contributed by atoms with Gasteiger partial charge in [0, 0.05) is 41.8 Å². The lowest BCUT2D eigenvalue weighted by atomic mass is 10.0. The minimum atomic E-state index is -0.128. The summed E-state index contributed by atoms with van der Waals surface area (Å²) in [6.45, 7) is 6.77. The monoisotopic (exact) mass is 416 g/mol. The van der Waals surface area contributed by atoms with Gasteiger partial charge in [0.2, 0.25) is 5.78 Å². The number of phenols is 1. The Bertz CT molecular complexity index is 1190. The number of allylic oxidation sites excluding steroid dienone is 1. The van der Waals surface area contributed by atoms with Crippen molar-refractivity contribution in [2.45, 2.75) is 52.2 Å². The molecule has 1 saturated heterocycles. The van der Waals surface area contributed by atoms with E-state index in [2.05, 4.69) is 41.6 Å². The highest BCUT2D eigenvalue weighted by molar-refractivity contribution is 6.15. The predicted molar refractivity (Wildman–Crippen MR) is 122 cm³/mol. The minimum absolute atomic E-state index is 0.128. The number of piperidine rings is 1. The van der Waals surface area contributed by atoms with Crippen molar-refractivity contribution in [3.8, 4) is 11.5 Å². The number of carbonyl (C=O) groups excluding carboxylic acids is 1. The summed E-state index contributed by atoms with van der Waals surface area (Å²) in [5.41, 5.74) is 3.34. The van der Waals surface area contributed by atoms with Crippen LogP contribution in [-0.2, 0) is 13.1 Å². The first-order chi connectivity index (χ1) is 15.1. The third-order valence-electron chi connectivity index (χ3n) is 6.66. The third-order valence-corrected chi connectivity index (χ3v) is 6.66. The fourth-order valence-electron chi connectivity index (χ4n) is 4.84. The number of carbonyl (C=O) groups is 1. The van der Waals surface area contributed by atoms with E-state index in [1.807, 2.05) is 18.2 Å². The van der Waals surface area contributed by atoms with E-state index in [1.165, 1.54) is 6.42 Å². The van der Waals surface area contributed by atoms with E-state index >= 15 is 0 Å². The Hall–Kier alpha value is -3.05. The lowest BCUT2D eigenvalue weighted by Gasteiger charge is -2.33. The van der Waals surface area contributed by atoms with E-state index < -0.39 is 0 Å². The predicted octanol–water partition coefficient (Wildman–Crippen LogP) is 5.36. The second-order valence-corrected chi connectivity index (χ2v) is 8.58. The van der Waals surface area contributed by atoms with Crippen molar-refractivity contribution < 1.29 is 14.6 Å². The number of rotatable bonds is 4. The van der Waals surface area contributed by atoms with Gasteiger partial charge in [0.05, 0.1) is 11.1 Å². The third kappa shape index (κ3) is 3.43. The number of ether oxygens (including phenoxy) is 1. The van der Waals surface area contributed by atoms with Crippen LogP contribution < -0.4 is 4.74 Å². The summed E-state index contributed by atoms with van der Waals surface area (Å²) in [5.74, 6) is 0.880. The molecule has 0 spiro atoms. The highest BCUT2D eigenvalue weighted by Gasteiger charge is 2.32. The molecule has 0 unspecified atom stereocenters. The number of aryl methyl sites for hydroxylation is 1. The van der Waals surface area contributed by atoms with E-state index in [4.69, 9.17) is 4.74 Å². The van der Waals surface area contributed by atoms with Crippen LogP contribution in [0.1, 0.15) is 54.6 Å². The van der Waals surface area contributed by atoms with Crippen molar-refractivity contribution in [3.05, 3.63) is 65.0 Å². The standard InChI is InChI=1S/C26H28N2O3/c1-3-27-15-18(19-9-4-5-10-22(19)27)14-24-25(30)20-11-12-23(29)21(26(20)31-24)16-28-13-7-6-8-17(28)2/h4-5,9-12,14-15,17,29H,3,6-8,13,16H2,1-2H3/b24-14-/t17-/m0/s1. The number of benzene rings is 2. The summed E-state index contributed by atoms with van der Waals surface area (Å²) in [4.78, 5) is 15.5. The smallest absolute Gasteiger partial charge is 0.231 e. The van der Waals surface area contributed by atoms with Crippen molar-refractivity contribution in [3.63, 3.8) is 0 Å². The minimum Gasteiger partial charge on any atom is -0.507 e. The summed E-state index contributed by atoms with van der Waals surface area (Å²) in [7, 11) is 0. The van der Waals surface area contributed by atoms with Gasteiger partial charge in [0.1, 0.15) is 11.5 Å². The molecule has 0 saturated carbocycles. The largest absolute Gasteiger partial charge is 0.507 e. The molecule has 1 aromatic heterocycles. The van der Waals surface area contributed by atoms with Gasteiger partial charge in [-0.3, -0.25) is 9.69 Å². The molecule has 1 fully saturated rings. The summed E-state index contributed by atoms with van der Waals surface area (Å²) in [5, 5.41) is 11.7. The highest BCUT2D eigenvalue weighted by Crippen LogP contribution is 2.41. The van der Waals surface area contributed by atoms with E-state index in [-0.39, 0.29) is 11.5 Å². The number of aromatic nitrogens is 1. The summed E-state index contributed by atoms with van der Waals surface area (Å²) < 4.78 is 8.29. The fraction of sp³-hybridized carbons (Fsp3) is 0.346. The first-order valence-electron chi connectivity index (χ1n) is 11.2. The molecule has 0 aliphatic carbocycles. The number of fused-ring (bicyclic) bond motifs is 2. The van der Waals surface area contributed by atoms with Gasteiger partial charge >= 0.3 is 0 Å². The van der Waals surface area contributed by atoms with E-state index in [9.17, 15) is 9.90 Å².